The molecule has 0 atom stereocenters. The minimum absolute atomic E-state index is 0.528. The monoisotopic (exact) mass is 596 g/mol. The van der Waals surface area contributed by atoms with Crippen molar-refractivity contribution in [3.63, 3.8) is 0 Å². The molecule has 2 aliphatic carbocycles. The van der Waals surface area contributed by atoms with Gasteiger partial charge in [-0.25, -0.2) is 9.97 Å². The number of benzene rings is 7. The van der Waals surface area contributed by atoms with Crippen LogP contribution in [0, 0.1) is 0 Å². The van der Waals surface area contributed by atoms with E-state index < -0.39 is 5.41 Å². The fourth-order valence-corrected chi connectivity index (χ4v) is 8.21. The number of fused-ring (bicyclic) bond motifs is 13. The fourth-order valence-electron chi connectivity index (χ4n) is 8.21. The highest BCUT2D eigenvalue weighted by Gasteiger charge is 2.50. The molecule has 47 heavy (non-hydrogen) atoms. The zero-order chi connectivity index (χ0) is 31.0. The standard InChI is InChI=1S/C45H28N2/c1-3-15-29(16-4-1)31-27-28-32(30-17-5-2-6-18-30)42-41(31)46-43-35-21-9-13-25-39(35)45(40-26-14-10-22-36(40)44(43)47-42)37-23-11-7-19-33(37)34-20-8-12-24-38(34)45/h1-28H. The molecule has 0 aliphatic heterocycles. The van der Waals surface area contributed by atoms with Crippen LogP contribution in [0.3, 0.4) is 0 Å². The molecule has 0 unspecified atom stereocenters. The Labute approximate surface area is 273 Å². The van der Waals surface area contributed by atoms with E-state index in [9.17, 15) is 0 Å². The van der Waals surface area contributed by atoms with Gasteiger partial charge in [-0.05, 0) is 44.5 Å². The van der Waals surface area contributed by atoms with Gasteiger partial charge in [0.2, 0.25) is 0 Å². The SMILES string of the molecule is c1ccc(-c2ccc(-c3ccccc3)c3nc4c(nc23)-c2ccccc2C2(c3ccccc3-c3ccccc32)c2ccccc2-4)cc1. The molecule has 10 rings (SSSR count). The van der Waals surface area contributed by atoms with Crippen molar-refractivity contribution < 1.29 is 0 Å². The van der Waals surface area contributed by atoms with Gasteiger partial charge in [-0.3, -0.25) is 0 Å². The second kappa shape index (κ2) is 9.94. The van der Waals surface area contributed by atoms with E-state index in [2.05, 4.69) is 170 Å². The highest BCUT2D eigenvalue weighted by molar-refractivity contribution is 6.04. The molecule has 0 N–H and O–H groups in total. The van der Waals surface area contributed by atoms with Crippen molar-refractivity contribution in [1.29, 1.82) is 0 Å². The maximum atomic E-state index is 5.68. The van der Waals surface area contributed by atoms with Crippen LogP contribution in [0.5, 0.6) is 0 Å². The second-order valence-electron chi connectivity index (χ2n) is 12.4. The lowest BCUT2D eigenvalue weighted by Gasteiger charge is -2.35. The lowest BCUT2D eigenvalue weighted by Crippen LogP contribution is -2.29. The number of nitrogens with zero attached hydrogens (tertiary/aromatic N) is 2. The topological polar surface area (TPSA) is 25.8 Å². The van der Waals surface area contributed by atoms with Crippen molar-refractivity contribution in [3.8, 4) is 55.9 Å². The maximum absolute atomic E-state index is 5.68. The highest BCUT2D eigenvalue weighted by Crippen LogP contribution is 2.61. The van der Waals surface area contributed by atoms with Crippen LogP contribution in [0.2, 0.25) is 0 Å². The van der Waals surface area contributed by atoms with Gasteiger partial charge in [-0.2, -0.15) is 0 Å². The van der Waals surface area contributed by atoms with Gasteiger partial charge in [-0.15, -0.1) is 0 Å². The smallest absolute Gasteiger partial charge is 0.0979 e. The molecule has 2 nitrogen and oxygen atoms in total. The molecule has 218 valence electrons. The van der Waals surface area contributed by atoms with E-state index in [0.717, 1.165) is 55.8 Å². The van der Waals surface area contributed by atoms with Crippen LogP contribution in [0.15, 0.2) is 170 Å². The summed E-state index contributed by atoms with van der Waals surface area (Å²) in [6, 6.07) is 61.2. The quantitative estimate of drug-likeness (QED) is 0.198. The molecular formula is C45H28N2. The molecule has 0 bridgehead atoms. The van der Waals surface area contributed by atoms with E-state index in [-0.39, 0.29) is 0 Å². The molecule has 1 spiro atoms. The van der Waals surface area contributed by atoms with E-state index in [0.29, 0.717) is 0 Å². The zero-order valence-electron chi connectivity index (χ0n) is 25.6. The molecule has 2 aliphatic rings. The second-order valence-corrected chi connectivity index (χ2v) is 12.4. The van der Waals surface area contributed by atoms with Gasteiger partial charge in [0.05, 0.1) is 27.8 Å². The Kier molecular flexibility index (Phi) is 5.53. The first kappa shape index (κ1) is 26.1. The van der Waals surface area contributed by atoms with Gasteiger partial charge in [0.25, 0.3) is 0 Å². The molecule has 8 aromatic rings. The van der Waals surface area contributed by atoms with Crippen molar-refractivity contribution in [2.45, 2.75) is 5.41 Å². The third-order valence-electron chi connectivity index (χ3n) is 10.1. The molecule has 0 saturated carbocycles. The molecule has 7 aromatic carbocycles. The summed E-state index contributed by atoms with van der Waals surface area (Å²) in [7, 11) is 0. The molecular weight excluding hydrogens is 569 g/mol. The minimum Gasteiger partial charge on any atom is -0.243 e. The molecule has 0 radical (unpaired) electrons. The molecule has 0 fully saturated rings. The van der Waals surface area contributed by atoms with E-state index in [1.807, 2.05) is 0 Å². The molecule has 1 heterocycles. The normalized spacial score (nSPS) is 13.3. The molecule has 0 amide bonds. The van der Waals surface area contributed by atoms with Crippen molar-refractivity contribution in [2.75, 3.05) is 0 Å². The summed E-state index contributed by atoms with van der Waals surface area (Å²) in [5.41, 5.74) is 17.4. The largest absolute Gasteiger partial charge is 0.243 e. The van der Waals surface area contributed by atoms with Gasteiger partial charge in [-0.1, -0.05) is 170 Å². The maximum Gasteiger partial charge on any atom is 0.0979 e. The summed E-state index contributed by atoms with van der Waals surface area (Å²) in [6.07, 6.45) is 0. The number of hydrogen-bond acceptors (Lipinski definition) is 2. The zero-order valence-corrected chi connectivity index (χ0v) is 25.6. The summed E-state index contributed by atoms with van der Waals surface area (Å²) in [4.78, 5) is 11.4. The third kappa shape index (κ3) is 3.55. The number of rotatable bonds is 2. The Morgan fingerprint density at radius 1 is 0.277 bits per heavy atom. The highest BCUT2D eigenvalue weighted by atomic mass is 14.8. The van der Waals surface area contributed by atoms with Crippen LogP contribution in [0.25, 0.3) is 66.9 Å². The van der Waals surface area contributed by atoms with Crippen LogP contribution < -0.4 is 0 Å². The Balaban J connectivity index is 1.39. The predicted molar refractivity (Wildman–Crippen MR) is 192 cm³/mol. The number of aromatic nitrogens is 2. The van der Waals surface area contributed by atoms with Crippen molar-refractivity contribution in [2.24, 2.45) is 0 Å². The Morgan fingerprint density at radius 3 is 1.00 bits per heavy atom. The lowest BCUT2D eigenvalue weighted by atomic mass is 9.66. The first-order valence-electron chi connectivity index (χ1n) is 16.2. The summed E-state index contributed by atoms with van der Waals surface area (Å²) >= 11 is 0. The van der Waals surface area contributed by atoms with E-state index in [1.165, 1.54) is 33.4 Å². The van der Waals surface area contributed by atoms with Crippen LogP contribution in [-0.2, 0) is 5.41 Å². The van der Waals surface area contributed by atoms with Crippen LogP contribution in [0.4, 0.5) is 0 Å². The first-order chi connectivity index (χ1) is 23.3. The predicted octanol–water partition coefficient (Wildman–Crippen LogP) is 11.0. The van der Waals surface area contributed by atoms with Gasteiger partial charge >= 0.3 is 0 Å². The summed E-state index contributed by atoms with van der Waals surface area (Å²) in [6.45, 7) is 0. The summed E-state index contributed by atoms with van der Waals surface area (Å²) in [5.74, 6) is 0. The van der Waals surface area contributed by atoms with E-state index in [4.69, 9.17) is 9.97 Å². The third-order valence-corrected chi connectivity index (χ3v) is 10.1. The van der Waals surface area contributed by atoms with Gasteiger partial charge in [0, 0.05) is 22.3 Å². The van der Waals surface area contributed by atoms with Crippen molar-refractivity contribution in [1.82, 2.24) is 9.97 Å². The average Bonchev–Trinajstić information content (AvgIpc) is 3.40. The minimum atomic E-state index is -0.528. The van der Waals surface area contributed by atoms with Crippen LogP contribution >= 0.6 is 0 Å². The summed E-state index contributed by atoms with van der Waals surface area (Å²) < 4.78 is 0. The Morgan fingerprint density at radius 2 is 0.596 bits per heavy atom. The lowest BCUT2D eigenvalue weighted by molar-refractivity contribution is 0.775. The molecule has 1 aromatic heterocycles. The first-order valence-corrected chi connectivity index (χ1v) is 16.2. The Bertz CT molecular complexity index is 2340. The van der Waals surface area contributed by atoms with Crippen LogP contribution in [0.1, 0.15) is 22.3 Å². The average molecular weight is 597 g/mol. The Hall–Kier alpha value is -6.12. The molecule has 0 saturated heterocycles. The van der Waals surface area contributed by atoms with Crippen molar-refractivity contribution in [3.05, 3.63) is 192 Å². The van der Waals surface area contributed by atoms with E-state index in [1.54, 1.807) is 0 Å². The van der Waals surface area contributed by atoms with Gasteiger partial charge in [0.15, 0.2) is 0 Å². The molecule has 2 heteroatoms. The summed E-state index contributed by atoms with van der Waals surface area (Å²) in [5, 5.41) is 0. The van der Waals surface area contributed by atoms with Crippen molar-refractivity contribution >= 4 is 11.0 Å². The van der Waals surface area contributed by atoms with Gasteiger partial charge < -0.3 is 0 Å². The van der Waals surface area contributed by atoms with Gasteiger partial charge in [0.1, 0.15) is 0 Å². The number of hydrogen-bond donors (Lipinski definition) is 0. The van der Waals surface area contributed by atoms with Crippen LogP contribution in [-0.4, -0.2) is 9.97 Å². The fraction of sp³-hybridized carbons (Fsp3) is 0.0222. The van der Waals surface area contributed by atoms with E-state index >= 15 is 0 Å².